The molecular weight excluding hydrogens is 358 g/mol. The molecule has 1 saturated heterocycles. The first-order chi connectivity index (χ1) is 13.1. The zero-order valence-corrected chi connectivity index (χ0v) is 17.2. The van der Waals surface area contributed by atoms with Crippen molar-refractivity contribution in [1.29, 1.82) is 0 Å². The van der Waals surface area contributed by atoms with Crippen LogP contribution in [0.3, 0.4) is 0 Å². The number of carbonyl (C=O) groups is 1. The summed E-state index contributed by atoms with van der Waals surface area (Å²) in [6.07, 6.45) is 8.23. The van der Waals surface area contributed by atoms with Crippen LogP contribution in [0.15, 0.2) is 36.4 Å². The molecule has 0 radical (unpaired) electrons. The summed E-state index contributed by atoms with van der Waals surface area (Å²) < 4.78 is 0. The van der Waals surface area contributed by atoms with Gasteiger partial charge in [-0.15, -0.1) is 0 Å². The van der Waals surface area contributed by atoms with Crippen molar-refractivity contribution < 1.29 is 15.0 Å². The second-order valence-electron chi connectivity index (χ2n) is 7.07. The molecule has 1 aliphatic rings. The lowest BCUT2D eigenvalue weighted by Gasteiger charge is -2.22. The molecule has 2 rings (SSSR count). The highest BCUT2D eigenvalue weighted by Gasteiger charge is 2.28. The van der Waals surface area contributed by atoms with Gasteiger partial charge in [0.25, 0.3) is 0 Å². The molecule has 1 aromatic carbocycles. The maximum Gasteiger partial charge on any atom is 0.223 e. The fourth-order valence-corrected chi connectivity index (χ4v) is 4.31. The van der Waals surface area contributed by atoms with Crippen LogP contribution in [0.4, 0.5) is 0 Å². The Kier molecular flexibility index (Phi) is 9.95. The Balaban J connectivity index is 1.79. The molecule has 1 heterocycles. The van der Waals surface area contributed by atoms with Crippen LogP contribution in [0, 0.1) is 0 Å². The van der Waals surface area contributed by atoms with Crippen molar-refractivity contribution >= 4 is 17.7 Å². The van der Waals surface area contributed by atoms with Gasteiger partial charge in [0.15, 0.2) is 0 Å². The summed E-state index contributed by atoms with van der Waals surface area (Å²) in [5, 5.41) is 19.2. The summed E-state index contributed by atoms with van der Waals surface area (Å²) in [4.78, 5) is 14.1. The normalized spacial score (nSPS) is 18.6. The highest BCUT2D eigenvalue weighted by molar-refractivity contribution is 7.99. The number of hydrogen-bond acceptors (Lipinski definition) is 4. The van der Waals surface area contributed by atoms with Gasteiger partial charge in [0.05, 0.1) is 12.1 Å². The number of thioether (sulfide) groups is 1. The maximum absolute atomic E-state index is 12.1. The Bertz CT molecular complexity index is 605. The van der Waals surface area contributed by atoms with E-state index in [0.29, 0.717) is 12.8 Å². The summed E-state index contributed by atoms with van der Waals surface area (Å²) in [5.41, 5.74) is 2.43. The number of likely N-dealkylation sites (tertiary alicyclic amines) is 1. The molecule has 0 aliphatic carbocycles. The summed E-state index contributed by atoms with van der Waals surface area (Å²) in [5.74, 6) is 2.16. The molecule has 0 bridgehead atoms. The van der Waals surface area contributed by atoms with E-state index in [1.54, 1.807) is 0 Å². The van der Waals surface area contributed by atoms with E-state index in [9.17, 15) is 9.90 Å². The molecule has 0 spiro atoms. The molecule has 2 N–H and O–H groups in total. The average molecular weight is 392 g/mol. The number of benzene rings is 1. The molecule has 0 saturated carbocycles. The van der Waals surface area contributed by atoms with E-state index in [2.05, 4.69) is 25.1 Å². The minimum Gasteiger partial charge on any atom is -0.396 e. The largest absolute Gasteiger partial charge is 0.396 e. The molecule has 27 heavy (non-hydrogen) atoms. The Labute approximate surface area is 167 Å². The number of hydrogen-bond donors (Lipinski definition) is 2. The second kappa shape index (κ2) is 12.2. The Morgan fingerprint density at radius 1 is 1.30 bits per heavy atom. The standard InChI is InChI=1S/C22H33NO3S/c1-2-18-6-5-7-19(16-18)17-21(25)10-8-20-9-11-22(26)23(20)12-15-27-14-4-3-13-24/h5-8,10,16,20-21,24-25H,2-4,9,11-15,17H2,1H3/t20-,21+/m0/s1. The Morgan fingerprint density at radius 2 is 2.11 bits per heavy atom. The van der Waals surface area contributed by atoms with Crippen molar-refractivity contribution in [1.82, 2.24) is 4.90 Å². The number of aliphatic hydroxyl groups is 2. The molecule has 1 aromatic rings. The van der Waals surface area contributed by atoms with Gasteiger partial charge in [0, 0.05) is 31.7 Å². The number of rotatable bonds is 12. The molecule has 0 unspecified atom stereocenters. The third kappa shape index (κ3) is 7.68. The highest BCUT2D eigenvalue weighted by Crippen LogP contribution is 2.21. The van der Waals surface area contributed by atoms with Gasteiger partial charge in [-0.1, -0.05) is 43.3 Å². The van der Waals surface area contributed by atoms with Crippen LogP contribution in [0.2, 0.25) is 0 Å². The van der Waals surface area contributed by atoms with E-state index in [1.165, 1.54) is 5.56 Å². The van der Waals surface area contributed by atoms with Crippen LogP contribution in [0.1, 0.15) is 43.7 Å². The zero-order valence-electron chi connectivity index (χ0n) is 16.3. The van der Waals surface area contributed by atoms with Crippen molar-refractivity contribution in [2.75, 3.05) is 24.7 Å². The minimum atomic E-state index is -0.525. The number of carbonyl (C=O) groups excluding carboxylic acids is 1. The molecule has 1 fully saturated rings. The first-order valence-electron chi connectivity index (χ1n) is 10.1. The molecule has 1 aliphatic heterocycles. The van der Waals surface area contributed by atoms with Crippen LogP contribution < -0.4 is 0 Å². The third-order valence-corrected chi connectivity index (χ3v) is 6.00. The van der Waals surface area contributed by atoms with Crippen LogP contribution in [-0.4, -0.2) is 57.8 Å². The van der Waals surface area contributed by atoms with Gasteiger partial charge in [0.2, 0.25) is 5.91 Å². The first kappa shape index (κ1) is 22.0. The van der Waals surface area contributed by atoms with E-state index >= 15 is 0 Å². The second-order valence-corrected chi connectivity index (χ2v) is 8.29. The van der Waals surface area contributed by atoms with Gasteiger partial charge in [-0.3, -0.25) is 4.79 Å². The van der Waals surface area contributed by atoms with Crippen molar-refractivity contribution in [3.8, 4) is 0 Å². The summed E-state index contributed by atoms with van der Waals surface area (Å²) in [7, 11) is 0. The molecule has 150 valence electrons. The summed E-state index contributed by atoms with van der Waals surface area (Å²) in [6, 6.07) is 8.45. The molecule has 1 amide bonds. The Hall–Kier alpha value is -1.30. The quantitative estimate of drug-likeness (QED) is 0.424. The zero-order chi connectivity index (χ0) is 19.5. The topological polar surface area (TPSA) is 60.8 Å². The number of nitrogens with zero attached hydrogens (tertiary/aromatic N) is 1. The van der Waals surface area contributed by atoms with Gasteiger partial charge in [0.1, 0.15) is 0 Å². The average Bonchev–Trinajstić information content (AvgIpc) is 3.03. The lowest BCUT2D eigenvalue weighted by Crippen LogP contribution is -2.34. The maximum atomic E-state index is 12.1. The van der Waals surface area contributed by atoms with E-state index < -0.39 is 6.10 Å². The van der Waals surface area contributed by atoms with Crippen LogP contribution >= 0.6 is 11.8 Å². The van der Waals surface area contributed by atoms with E-state index in [1.807, 2.05) is 34.9 Å². The number of unbranched alkanes of at least 4 members (excludes halogenated alkanes) is 1. The van der Waals surface area contributed by atoms with Crippen molar-refractivity contribution in [2.24, 2.45) is 0 Å². The van der Waals surface area contributed by atoms with Crippen molar-refractivity contribution in [2.45, 2.75) is 57.6 Å². The molecule has 4 nitrogen and oxygen atoms in total. The lowest BCUT2D eigenvalue weighted by molar-refractivity contribution is -0.128. The monoisotopic (exact) mass is 391 g/mol. The Morgan fingerprint density at radius 3 is 2.89 bits per heavy atom. The molecule has 0 aromatic heterocycles. The number of amides is 1. The van der Waals surface area contributed by atoms with Gasteiger partial charge in [-0.2, -0.15) is 11.8 Å². The smallest absolute Gasteiger partial charge is 0.223 e. The van der Waals surface area contributed by atoms with Crippen LogP contribution in [-0.2, 0) is 17.6 Å². The molecule has 2 atom stereocenters. The predicted octanol–water partition coefficient (Wildman–Crippen LogP) is 3.21. The van der Waals surface area contributed by atoms with E-state index in [-0.39, 0.29) is 18.6 Å². The van der Waals surface area contributed by atoms with Crippen molar-refractivity contribution in [3.05, 3.63) is 47.5 Å². The highest BCUT2D eigenvalue weighted by atomic mass is 32.2. The summed E-state index contributed by atoms with van der Waals surface area (Å²) >= 11 is 1.84. The fourth-order valence-electron chi connectivity index (χ4n) is 3.37. The third-order valence-electron chi connectivity index (χ3n) is 4.95. The van der Waals surface area contributed by atoms with Crippen LogP contribution in [0.25, 0.3) is 0 Å². The van der Waals surface area contributed by atoms with Gasteiger partial charge in [-0.05, 0) is 42.6 Å². The van der Waals surface area contributed by atoms with E-state index in [4.69, 9.17) is 5.11 Å². The fraction of sp³-hybridized carbons (Fsp3) is 0.591. The molecule has 5 heteroatoms. The van der Waals surface area contributed by atoms with Gasteiger partial charge >= 0.3 is 0 Å². The minimum absolute atomic E-state index is 0.104. The SMILES string of the molecule is CCc1cccc(C[C@H](O)C=C[C@H]2CCC(=O)N2CCSCCCCO)c1. The van der Waals surface area contributed by atoms with Gasteiger partial charge < -0.3 is 15.1 Å². The van der Waals surface area contributed by atoms with Crippen molar-refractivity contribution in [3.63, 3.8) is 0 Å². The number of aliphatic hydroxyl groups excluding tert-OH is 2. The first-order valence-corrected chi connectivity index (χ1v) is 11.2. The van der Waals surface area contributed by atoms with E-state index in [0.717, 1.165) is 49.3 Å². The number of aryl methyl sites for hydroxylation is 1. The van der Waals surface area contributed by atoms with Gasteiger partial charge in [-0.25, -0.2) is 0 Å². The lowest BCUT2D eigenvalue weighted by atomic mass is 10.0. The van der Waals surface area contributed by atoms with Crippen LogP contribution in [0.5, 0.6) is 0 Å². The molecular formula is C22H33NO3S. The summed E-state index contributed by atoms with van der Waals surface area (Å²) in [6.45, 7) is 3.14. The predicted molar refractivity (Wildman–Crippen MR) is 113 cm³/mol.